The summed E-state index contributed by atoms with van der Waals surface area (Å²) in [7, 11) is 4.02. The zero-order valence-electron chi connectivity index (χ0n) is 11.2. The van der Waals surface area contributed by atoms with Crippen molar-refractivity contribution < 1.29 is 9.90 Å². The highest BCUT2D eigenvalue weighted by Crippen LogP contribution is 2.10. The van der Waals surface area contributed by atoms with Crippen LogP contribution in [0.2, 0.25) is 0 Å². The summed E-state index contributed by atoms with van der Waals surface area (Å²) in [6.45, 7) is 5.13. The van der Waals surface area contributed by atoms with Gasteiger partial charge in [0, 0.05) is 12.6 Å². The van der Waals surface area contributed by atoms with Gasteiger partial charge in [-0.05, 0) is 20.0 Å². The highest BCUT2D eigenvalue weighted by Gasteiger charge is 2.15. The van der Waals surface area contributed by atoms with Crippen LogP contribution in [0.25, 0.3) is 0 Å². The Kier molecular flexibility index (Phi) is 5.03. The van der Waals surface area contributed by atoms with Gasteiger partial charge >= 0.3 is 5.97 Å². The molecule has 1 aromatic rings. The van der Waals surface area contributed by atoms with Crippen LogP contribution in [0.5, 0.6) is 0 Å². The van der Waals surface area contributed by atoms with Crippen molar-refractivity contribution >= 4 is 11.8 Å². The maximum Gasteiger partial charge on any atom is 0.356 e. The van der Waals surface area contributed by atoms with Crippen molar-refractivity contribution in [2.24, 2.45) is 5.92 Å². The number of hydrogen-bond donors (Lipinski definition) is 2. The standard InChI is InChI=1S/C12H20N4O2/c1-8(2)10(7-16(3)4)15-11-6-13-9(5-14-11)12(17)18/h5-6,8,10H,7H2,1-4H3,(H,14,15)(H,17,18). The summed E-state index contributed by atoms with van der Waals surface area (Å²) in [6, 6.07) is 0.241. The number of nitrogens with zero attached hydrogens (tertiary/aromatic N) is 3. The Morgan fingerprint density at radius 3 is 2.44 bits per heavy atom. The molecule has 18 heavy (non-hydrogen) atoms. The van der Waals surface area contributed by atoms with E-state index in [2.05, 4.69) is 34.0 Å². The summed E-state index contributed by atoms with van der Waals surface area (Å²) < 4.78 is 0. The summed E-state index contributed by atoms with van der Waals surface area (Å²) in [5, 5.41) is 12.0. The third kappa shape index (κ3) is 4.29. The number of aromatic carboxylic acids is 1. The number of nitrogens with one attached hydrogen (secondary N) is 1. The lowest BCUT2D eigenvalue weighted by atomic mass is 10.0. The third-order valence-corrected chi connectivity index (χ3v) is 2.57. The number of anilines is 1. The first-order chi connectivity index (χ1) is 8.40. The number of carbonyl (C=O) groups is 1. The number of carboxylic acid groups (broad SMARTS) is 1. The lowest BCUT2D eigenvalue weighted by molar-refractivity contribution is 0.0690. The molecule has 0 aliphatic heterocycles. The maximum absolute atomic E-state index is 10.7. The van der Waals surface area contributed by atoms with Gasteiger partial charge in [-0.1, -0.05) is 13.8 Å². The van der Waals surface area contributed by atoms with Crippen LogP contribution >= 0.6 is 0 Å². The smallest absolute Gasteiger partial charge is 0.356 e. The van der Waals surface area contributed by atoms with Gasteiger partial charge in [-0.2, -0.15) is 0 Å². The first-order valence-electron chi connectivity index (χ1n) is 5.86. The van der Waals surface area contributed by atoms with Gasteiger partial charge in [-0.25, -0.2) is 14.8 Å². The zero-order valence-corrected chi connectivity index (χ0v) is 11.2. The molecule has 0 aromatic carbocycles. The molecule has 0 fully saturated rings. The molecule has 6 nitrogen and oxygen atoms in total. The van der Waals surface area contributed by atoms with Gasteiger partial charge in [-0.3, -0.25) is 0 Å². The Balaban J connectivity index is 2.72. The Labute approximate surface area is 107 Å². The molecule has 1 rings (SSSR count). The normalized spacial score (nSPS) is 12.8. The van der Waals surface area contributed by atoms with E-state index in [-0.39, 0.29) is 11.7 Å². The largest absolute Gasteiger partial charge is 0.476 e. The fraction of sp³-hybridized carbons (Fsp3) is 0.583. The van der Waals surface area contributed by atoms with Crippen LogP contribution in [0.4, 0.5) is 5.82 Å². The molecule has 0 bridgehead atoms. The van der Waals surface area contributed by atoms with E-state index in [0.29, 0.717) is 11.7 Å². The van der Waals surface area contributed by atoms with E-state index in [1.54, 1.807) is 0 Å². The molecule has 1 heterocycles. The average Bonchev–Trinajstić information content (AvgIpc) is 2.28. The van der Waals surface area contributed by atoms with Crippen molar-refractivity contribution in [1.82, 2.24) is 14.9 Å². The van der Waals surface area contributed by atoms with E-state index in [1.807, 2.05) is 14.1 Å². The zero-order chi connectivity index (χ0) is 13.7. The highest BCUT2D eigenvalue weighted by atomic mass is 16.4. The van der Waals surface area contributed by atoms with Crippen molar-refractivity contribution in [3.8, 4) is 0 Å². The maximum atomic E-state index is 10.7. The molecule has 0 saturated heterocycles. The van der Waals surface area contributed by atoms with Gasteiger partial charge in [0.25, 0.3) is 0 Å². The minimum absolute atomic E-state index is 0.0470. The van der Waals surface area contributed by atoms with E-state index in [1.165, 1.54) is 12.4 Å². The van der Waals surface area contributed by atoms with Gasteiger partial charge in [0.15, 0.2) is 5.69 Å². The Morgan fingerprint density at radius 2 is 2.06 bits per heavy atom. The minimum atomic E-state index is -1.07. The van der Waals surface area contributed by atoms with E-state index in [0.717, 1.165) is 6.54 Å². The molecule has 0 spiro atoms. The quantitative estimate of drug-likeness (QED) is 0.791. The first kappa shape index (κ1) is 14.4. The molecule has 0 aliphatic carbocycles. The Morgan fingerprint density at radius 1 is 1.39 bits per heavy atom. The molecule has 0 amide bonds. The second kappa shape index (κ2) is 6.30. The van der Waals surface area contributed by atoms with E-state index >= 15 is 0 Å². The lowest BCUT2D eigenvalue weighted by Crippen LogP contribution is -2.36. The van der Waals surface area contributed by atoms with Crippen molar-refractivity contribution in [2.45, 2.75) is 19.9 Å². The molecule has 0 radical (unpaired) electrons. The number of aromatic nitrogens is 2. The molecule has 1 unspecified atom stereocenters. The summed E-state index contributed by atoms with van der Waals surface area (Å²) in [6.07, 6.45) is 2.71. The summed E-state index contributed by atoms with van der Waals surface area (Å²) in [5.41, 5.74) is -0.0470. The molecule has 0 saturated carbocycles. The van der Waals surface area contributed by atoms with Gasteiger partial charge < -0.3 is 15.3 Å². The van der Waals surface area contributed by atoms with Crippen LogP contribution in [0.1, 0.15) is 24.3 Å². The van der Waals surface area contributed by atoms with Gasteiger partial charge in [0.2, 0.25) is 0 Å². The van der Waals surface area contributed by atoms with Crippen LogP contribution in [-0.4, -0.2) is 52.6 Å². The van der Waals surface area contributed by atoms with E-state index in [4.69, 9.17) is 5.11 Å². The van der Waals surface area contributed by atoms with Crippen molar-refractivity contribution in [2.75, 3.05) is 26.0 Å². The number of hydrogen-bond acceptors (Lipinski definition) is 5. The first-order valence-corrected chi connectivity index (χ1v) is 5.86. The molecular weight excluding hydrogens is 232 g/mol. The van der Waals surface area contributed by atoms with Crippen molar-refractivity contribution in [3.05, 3.63) is 18.1 Å². The molecule has 1 aromatic heterocycles. The SMILES string of the molecule is CC(C)C(CN(C)C)Nc1cnc(C(=O)O)cn1. The topological polar surface area (TPSA) is 78.4 Å². The van der Waals surface area contributed by atoms with E-state index in [9.17, 15) is 4.79 Å². The second-order valence-electron chi connectivity index (χ2n) is 4.85. The molecule has 6 heteroatoms. The fourth-order valence-electron chi connectivity index (χ4n) is 1.52. The second-order valence-corrected chi connectivity index (χ2v) is 4.85. The van der Waals surface area contributed by atoms with Crippen molar-refractivity contribution in [3.63, 3.8) is 0 Å². The summed E-state index contributed by atoms with van der Waals surface area (Å²) in [4.78, 5) is 20.6. The number of carboxylic acids is 1. The molecular formula is C12H20N4O2. The van der Waals surface area contributed by atoms with Gasteiger partial charge in [-0.15, -0.1) is 0 Å². The van der Waals surface area contributed by atoms with Gasteiger partial charge in [0.1, 0.15) is 5.82 Å². The lowest BCUT2D eigenvalue weighted by Gasteiger charge is -2.25. The Hall–Kier alpha value is -1.69. The van der Waals surface area contributed by atoms with Crippen LogP contribution in [-0.2, 0) is 0 Å². The van der Waals surface area contributed by atoms with E-state index < -0.39 is 5.97 Å². The highest BCUT2D eigenvalue weighted by molar-refractivity contribution is 5.84. The predicted octanol–water partition coefficient (Wildman–Crippen LogP) is 1.17. The van der Waals surface area contributed by atoms with Crippen molar-refractivity contribution in [1.29, 1.82) is 0 Å². The summed E-state index contributed by atoms with van der Waals surface area (Å²) in [5.74, 6) is -0.0309. The van der Waals surface area contributed by atoms with Crippen LogP contribution < -0.4 is 5.32 Å². The molecule has 2 N–H and O–H groups in total. The number of likely N-dealkylation sites (N-methyl/N-ethyl adjacent to an activating group) is 1. The van der Waals surface area contributed by atoms with Crippen LogP contribution in [0, 0.1) is 5.92 Å². The number of rotatable bonds is 6. The average molecular weight is 252 g/mol. The fourth-order valence-corrected chi connectivity index (χ4v) is 1.52. The van der Waals surface area contributed by atoms with Gasteiger partial charge in [0.05, 0.1) is 12.4 Å². The predicted molar refractivity (Wildman–Crippen MR) is 69.8 cm³/mol. The van der Waals surface area contributed by atoms with Crippen LogP contribution in [0.15, 0.2) is 12.4 Å². The summed E-state index contributed by atoms with van der Waals surface area (Å²) >= 11 is 0. The third-order valence-electron chi connectivity index (χ3n) is 2.57. The monoisotopic (exact) mass is 252 g/mol. The van der Waals surface area contributed by atoms with Crippen LogP contribution in [0.3, 0.4) is 0 Å². The molecule has 0 aliphatic rings. The Bertz CT molecular complexity index is 390. The minimum Gasteiger partial charge on any atom is -0.476 e. The molecule has 100 valence electrons. The molecule has 1 atom stereocenters.